The molecular weight excluding hydrogens is 211 g/mol. The highest BCUT2D eigenvalue weighted by Gasteiger charge is 2.13. The molecule has 4 nitrogen and oxygen atoms in total. The third kappa shape index (κ3) is 2.08. The number of benzene rings is 1. The van der Waals surface area contributed by atoms with Gasteiger partial charge in [-0.2, -0.15) is 0 Å². The molecule has 0 bridgehead atoms. The Labute approximate surface area is 91.1 Å². The van der Waals surface area contributed by atoms with Crippen molar-refractivity contribution >= 4 is 11.6 Å². The maximum atomic E-state index is 12.6. The second kappa shape index (κ2) is 4.14. The van der Waals surface area contributed by atoms with Gasteiger partial charge in [0.2, 0.25) is 5.76 Å². The standard InChI is InChI=1S/C11H9FN2O2/c1-7-10(16-6-13-7)11(15)14-9-4-2-8(12)3-5-9/h2-6H,1H3,(H,14,15). The highest BCUT2D eigenvalue weighted by molar-refractivity contribution is 6.02. The summed E-state index contributed by atoms with van der Waals surface area (Å²) in [5, 5.41) is 2.57. The lowest BCUT2D eigenvalue weighted by atomic mass is 10.3. The Bertz CT molecular complexity index is 505. The van der Waals surface area contributed by atoms with Crippen molar-refractivity contribution in [3.8, 4) is 0 Å². The molecule has 1 N–H and O–H groups in total. The predicted octanol–water partition coefficient (Wildman–Crippen LogP) is 2.37. The number of nitrogens with zero attached hydrogens (tertiary/aromatic N) is 1. The van der Waals surface area contributed by atoms with Crippen LogP contribution in [0.3, 0.4) is 0 Å². The SMILES string of the molecule is Cc1ncoc1C(=O)Nc1ccc(F)cc1. The normalized spacial score (nSPS) is 10.1. The number of aryl methyl sites for hydroxylation is 1. The summed E-state index contributed by atoms with van der Waals surface area (Å²) < 4.78 is 17.5. The van der Waals surface area contributed by atoms with Gasteiger partial charge in [0.1, 0.15) is 5.82 Å². The maximum absolute atomic E-state index is 12.6. The lowest BCUT2D eigenvalue weighted by molar-refractivity contribution is 0.0996. The van der Waals surface area contributed by atoms with E-state index >= 15 is 0 Å². The molecule has 2 rings (SSSR count). The summed E-state index contributed by atoms with van der Waals surface area (Å²) in [4.78, 5) is 15.4. The first kappa shape index (κ1) is 10.4. The van der Waals surface area contributed by atoms with Gasteiger partial charge in [-0.1, -0.05) is 0 Å². The molecule has 0 aliphatic carbocycles. The number of aromatic nitrogens is 1. The summed E-state index contributed by atoms with van der Waals surface area (Å²) in [5.74, 6) is -0.597. The van der Waals surface area contributed by atoms with Crippen molar-refractivity contribution in [2.75, 3.05) is 5.32 Å². The zero-order valence-electron chi connectivity index (χ0n) is 8.53. The fraction of sp³-hybridized carbons (Fsp3) is 0.0909. The van der Waals surface area contributed by atoms with E-state index in [9.17, 15) is 9.18 Å². The highest BCUT2D eigenvalue weighted by atomic mass is 19.1. The maximum Gasteiger partial charge on any atom is 0.293 e. The summed E-state index contributed by atoms with van der Waals surface area (Å²) in [6.45, 7) is 1.67. The van der Waals surface area contributed by atoms with Gasteiger partial charge in [-0.25, -0.2) is 9.37 Å². The molecular formula is C11H9FN2O2. The van der Waals surface area contributed by atoms with Crippen molar-refractivity contribution in [1.29, 1.82) is 0 Å². The Balaban J connectivity index is 2.14. The average molecular weight is 220 g/mol. The van der Waals surface area contributed by atoms with Crippen LogP contribution in [0, 0.1) is 12.7 Å². The second-order valence-corrected chi connectivity index (χ2v) is 3.23. The Morgan fingerprint density at radius 2 is 2.06 bits per heavy atom. The predicted molar refractivity (Wildman–Crippen MR) is 55.6 cm³/mol. The molecule has 0 saturated heterocycles. The van der Waals surface area contributed by atoms with Gasteiger partial charge in [0.05, 0.1) is 5.69 Å². The van der Waals surface area contributed by atoms with Crippen molar-refractivity contribution < 1.29 is 13.6 Å². The van der Waals surface area contributed by atoms with E-state index in [0.29, 0.717) is 11.4 Å². The van der Waals surface area contributed by atoms with E-state index in [1.54, 1.807) is 6.92 Å². The van der Waals surface area contributed by atoms with E-state index in [0.717, 1.165) is 0 Å². The van der Waals surface area contributed by atoms with Crippen LogP contribution in [0.15, 0.2) is 35.1 Å². The smallest absolute Gasteiger partial charge is 0.293 e. The van der Waals surface area contributed by atoms with E-state index in [1.807, 2.05) is 0 Å². The van der Waals surface area contributed by atoms with Crippen LogP contribution in [-0.4, -0.2) is 10.9 Å². The molecule has 0 atom stereocenters. The summed E-state index contributed by atoms with van der Waals surface area (Å²) >= 11 is 0. The van der Waals surface area contributed by atoms with E-state index in [2.05, 4.69) is 10.3 Å². The van der Waals surface area contributed by atoms with E-state index in [1.165, 1.54) is 30.7 Å². The van der Waals surface area contributed by atoms with Crippen LogP contribution in [-0.2, 0) is 0 Å². The molecule has 16 heavy (non-hydrogen) atoms. The quantitative estimate of drug-likeness (QED) is 0.845. The van der Waals surface area contributed by atoms with Crippen LogP contribution >= 0.6 is 0 Å². The van der Waals surface area contributed by atoms with Crippen LogP contribution in [0.2, 0.25) is 0 Å². The Hall–Kier alpha value is -2.17. The zero-order valence-corrected chi connectivity index (χ0v) is 8.53. The first-order valence-corrected chi connectivity index (χ1v) is 4.64. The fourth-order valence-electron chi connectivity index (χ4n) is 1.24. The average Bonchev–Trinajstić information content (AvgIpc) is 2.68. The topological polar surface area (TPSA) is 55.1 Å². The minimum atomic E-state index is -0.401. The molecule has 0 fully saturated rings. The van der Waals surface area contributed by atoms with Crippen LogP contribution in [0.5, 0.6) is 0 Å². The number of anilines is 1. The summed E-state index contributed by atoms with van der Waals surface area (Å²) in [6, 6.07) is 5.48. The molecule has 5 heteroatoms. The third-order valence-electron chi connectivity index (χ3n) is 2.05. The van der Waals surface area contributed by atoms with Crippen molar-refractivity contribution in [3.63, 3.8) is 0 Å². The minimum Gasteiger partial charge on any atom is -0.438 e. The number of carbonyl (C=O) groups is 1. The first-order valence-electron chi connectivity index (χ1n) is 4.64. The molecule has 1 amide bonds. The van der Waals surface area contributed by atoms with E-state index in [4.69, 9.17) is 4.42 Å². The number of carbonyl (C=O) groups excluding carboxylic acids is 1. The fourth-order valence-corrected chi connectivity index (χ4v) is 1.24. The van der Waals surface area contributed by atoms with Crippen LogP contribution in [0.1, 0.15) is 16.2 Å². The molecule has 0 radical (unpaired) electrons. The summed E-state index contributed by atoms with van der Waals surface area (Å²) in [6.07, 6.45) is 1.20. The number of oxazole rings is 1. The zero-order chi connectivity index (χ0) is 11.5. The number of rotatable bonds is 2. The van der Waals surface area contributed by atoms with Gasteiger partial charge in [-0.3, -0.25) is 4.79 Å². The van der Waals surface area contributed by atoms with E-state index in [-0.39, 0.29) is 11.6 Å². The van der Waals surface area contributed by atoms with Crippen molar-refractivity contribution in [1.82, 2.24) is 4.98 Å². The van der Waals surface area contributed by atoms with Crippen molar-refractivity contribution in [2.45, 2.75) is 6.92 Å². The molecule has 1 aromatic carbocycles. The Kier molecular flexibility index (Phi) is 2.68. The number of hydrogen-bond acceptors (Lipinski definition) is 3. The van der Waals surface area contributed by atoms with Crippen LogP contribution < -0.4 is 5.32 Å². The van der Waals surface area contributed by atoms with Gasteiger partial charge < -0.3 is 9.73 Å². The molecule has 0 saturated carbocycles. The minimum absolute atomic E-state index is 0.157. The van der Waals surface area contributed by atoms with Gasteiger partial charge in [-0.15, -0.1) is 0 Å². The monoisotopic (exact) mass is 220 g/mol. The van der Waals surface area contributed by atoms with Crippen LogP contribution in [0.25, 0.3) is 0 Å². The van der Waals surface area contributed by atoms with Crippen molar-refractivity contribution in [2.24, 2.45) is 0 Å². The Morgan fingerprint density at radius 3 is 2.62 bits per heavy atom. The molecule has 1 heterocycles. The largest absolute Gasteiger partial charge is 0.438 e. The van der Waals surface area contributed by atoms with Crippen molar-refractivity contribution in [3.05, 3.63) is 47.9 Å². The molecule has 0 aliphatic heterocycles. The second-order valence-electron chi connectivity index (χ2n) is 3.23. The molecule has 0 aliphatic rings. The third-order valence-corrected chi connectivity index (χ3v) is 2.05. The van der Waals surface area contributed by atoms with Crippen LogP contribution in [0.4, 0.5) is 10.1 Å². The molecule has 82 valence electrons. The van der Waals surface area contributed by atoms with E-state index < -0.39 is 5.91 Å². The van der Waals surface area contributed by atoms with Gasteiger partial charge in [0.15, 0.2) is 6.39 Å². The van der Waals surface area contributed by atoms with Gasteiger partial charge in [0.25, 0.3) is 5.91 Å². The molecule has 1 aromatic heterocycles. The summed E-state index contributed by atoms with van der Waals surface area (Å²) in [7, 11) is 0. The van der Waals surface area contributed by atoms with Gasteiger partial charge in [0, 0.05) is 5.69 Å². The molecule has 2 aromatic rings. The number of hydrogen-bond donors (Lipinski definition) is 1. The first-order chi connectivity index (χ1) is 7.66. The molecule has 0 spiro atoms. The van der Waals surface area contributed by atoms with Gasteiger partial charge >= 0.3 is 0 Å². The number of halogens is 1. The summed E-state index contributed by atoms with van der Waals surface area (Å²) in [5.41, 5.74) is 1.02. The van der Waals surface area contributed by atoms with Gasteiger partial charge in [-0.05, 0) is 31.2 Å². The number of amides is 1. The Morgan fingerprint density at radius 1 is 1.38 bits per heavy atom. The lowest BCUT2D eigenvalue weighted by Gasteiger charge is -2.02. The molecule has 0 unspecified atom stereocenters. The lowest BCUT2D eigenvalue weighted by Crippen LogP contribution is -2.12. The number of nitrogens with one attached hydrogen (secondary N) is 1. The highest BCUT2D eigenvalue weighted by Crippen LogP contribution is 2.12.